The monoisotopic (exact) mass is 569 g/mol. The number of ether oxygens (including phenoxy) is 1. The molecule has 7 nitrogen and oxygen atoms in total. The Morgan fingerprint density at radius 3 is 2.50 bits per heavy atom. The average Bonchev–Trinajstić information content (AvgIpc) is 3.15. The van der Waals surface area contributed by atoms with Gasteiger partial charge in [0.05, 0.1) is 0 Å². The Morgan fingerprint density at radius 2 is 1.93 bits per heavy atom. The van der Waals surface area contributed by atoms with Crippen LogP contribution in [0.3, 0.4) is 0 Å². The molecule has 1 amide bonds. The molecule has 0 saturated heterocycles. The minimum absolute atomic E-state index is 0. The van der Waals surface area contributed by atoms with Crippen LogP contribution in [0.25, 0.3) is 0 Å². The van der Waals surface area contributed by atoms with Crippen molar-refractivity contribution in [1.29, 1.82) is 0 Å². The molecule has 0 aliphatic heterocycles. The topological polar surface area (TPSA) is 87.6 Å². The lowest BCUT2D eigenvalue weighted by Gasteiger charge is -2.31. The van der Waals surface area contributed by atoms with E-state index in [2.05, 4.69) is 27.9 Å². The maximum atomic E-state index is 11.9. The van der Waals surface area contributed by atoms with Crippen molar-refractivity contribution in [3.05, 3.63) is 11.6 Å². The van der Waals surface area contributed by atoms with Crippen molar-refractivity contribution in [2.45, 2.75) is 81.8 Å². The van der Waals surface area contributed by atoms with Crippen molar-refractivity contribution >= 4 is 59.1 Å². The third-order valence-electron chi connectivity index (χ3n) is 4.34. The maximum absolute atomic E-state index is 11.9. The molecule has 1 aliphatic carbocycles. The van der Waals surface area contributed by atoms with Crippen LogP contribution in [0.4, 0.5) is 4.79 Å². The minimum Gasteiger partial charge on any atom is -0.444 e. The Morgan fingerprint density at radius 1 is 1.27 bits per heavy atom. The molecule has 10 heteroatoms. The van der Waals surface area contributed by atoms with Crippen molar-refractivity contribution in [2.24, 2.45) is 4.99 Å². The molecule has 0 spiro atoms. The number of hydrogen-bond acceptors (Lipinski definition) is 6. The van der Waals surface area contributed by atoms with E-state index < -0.39 is 5.60 Å². The van der Waals surface area contributed by atoms with Crippen molar-refractivity contribution in [2.75, 3.05) is 18.8 Å². The second kappa shape index (κ2) is 14.3. The fourth-order valence-corrected chi connectivity index (χ4v) is 4.70. The Bertz CT molecular complexity index is 630. The van der Waals surface area contributed by atoms with E-state index in [1.54, 1.807) is 23.1 Å². The molecule has 1 saturated carbocycles. The van der Waals surface area contributed by atoms with Crippen LogP contribution in [0, 0.1) is 0 Å². The van der Waals surface area contributed by atoms with Crippen LogP contribution in [0.2, 0.25) is 0 Å². The predicted octanol–water partition coefficient (Wildman–Crippen LogP) is 4.63. The lowest BCUT2D eigenvalue weighted by atomic mass is 9.91. The summed E-state index contributed by atoms with van der Waals surface area (Å²) in [5.41, 5.74) is -0.460. The number of thioether (sulfide) groups is 1. The number of hydrogen-bond donors (Lipinski definition) is 3. The number of amides is 1. The summed E-state index contributed by atoms with van der Waals surface area (Å²) >= 11 is 3.47. The molecule has 172 valence electrons. The molecule has 1 aromatic heterocycles. The number of aliphatic imine (C=N–C) groups is 1. The summed E-state index contributed by atoms with van der Waals surface area (Å²) in [6.45, 7) is 9.36. The van der Waals surface area contributed by atoms with Crippen molar-refractivity contribution in [1.82, 2.24) is 20.9 Å². The molecule has 0 bridgehead atoms. The first kappa shape index (κ1) is 27.3. The number of guanidine groups is 1. The van der Waals surface area contributed by atoms with Gasteiger partial charge in [-0.1, -0.05) is 11.8 Å². The predicted molar refractivity (Wildman–Crippen MR) is 137 cm³/mol. The highest BCUT2D eigenvalue weighted by molar-refractivity contribution is 14.0. The van der Waals surface area contributed by atoms with E-state index in [9.17, 15) is 4.79 Å². The van der Waals surface area contributed by atoms with Crippen molar-refractivity contribution in [3.8, 4) is 0 Å². The highest BCUT2D eigenvalue weighted by Crippen LogP contribution is 2.21. The third kappa shape index (κ3) is 11.6. The number of thiazole rings is 1. The molecule has 0 atom stereocenters. The van der Waals surface area contributed by atoms with Gasteiger partial charge in [0.15, 0.2) is 5.96 Å². The average molecular weight is 570 g/mol. The molecule has 1 heterocycles. The van der Waals surface area contributed by atoms with Crippen LogP contribution in [-0.2, 0) is 4.74 Å². The number of aromatic nitrogens is 1. The SMILES string of the molecule is CCNC(=NCCCSc1nccs1)NC1CCC(NC(=O)OC(C)(C)C)CC1.I. The van der Waals surface area contributed by atoms with E-state index in [1.807, 2.05) is 32.3 Å². The van der Waals surface area contributed by atoms with Gasteiger partial charge in [-0.05, 0) is 59.8 Å². The molecular formula is C20H36IN5O2S2. The van der Waals surface area contributed by atoms with E-state index >= 15 is 0 Å². The molecule has 1 aliphatic rings. The number of carbonyl (C=O) groups is 1. The molecule has 1 aromatic rings. The Labute approximate surface area is 206 Å². The first-order valence-electron chi connectivity index (χ1n) is 10.4. The second-order valence-electron chi connectivity index (χ2n) is 8.10. The van der Waals surface area contributed by atoms with Gasteiger partial charge in [0.2, 0.25) is 0 Å². The second-order valence-corrected chi connectivity index (χ2v) is 10.3. The lowest BCUT2D eigenvalue weighted by molar-refractivity contribution is 0.0490. The first-order chi connectivity index (χ1) is 13.9. The fraction of sp³-hybridized carbons (Fsp3) is 0.750. The third-order valence-corrected chi connectivity index (χ3v) is 6.39. The van der Waals surface area contributed by atoms with Crippen LogP contribution < -0.4 is 16.0 Å². The van der Waals surface area contributed by atoms with Crippen LogP contribution in [0.5, 0.6) is 0 Å². The smallest absolute Gasteiger partial charge is 0.407 e. The number of alkyl carbamates (subject to hydrolysis) is 1. The summed E-state index contributed by atoms with van der Waals surface area (Å²) in [5, 5.41) is 11.9. The highest BCUT2D eigenvalue weighted by Gasteiger charge is 2.25. The van der Waals surface area contributed by atoms with Crippen LogP contribution in [-0.4, -0.2) is 53.6 Å². The number of nitrogens with one attached hydrogen (secondary N) is 3. The van der Waals surface area contributed by atoms with Crippen molar-refractivity contribution < 1.29 is 9.53 Å². The summed E-state index contributed by atoms with van der Waals surface area (Å²) in [5.74, 6) is 1.91. The van der Waals surface area contributed by atoms with Gasteiger partial charge < -0.3 is 20.7 Å². The van der Waals surface area contributed by atoms with Gasteiger partial charge in [0, 0.05) is 42.5 Å². The summed E-state index contributed by atoms with van der Waals surface area (Å²) in [7, 11) is 0. The summed E-state index contributed by atoms with van der Waals surface area (Å²) < 4.78 is 6.47. The number of halogens is 1. The molecule has 2 rings (SSSR count). The van der Waals surface area contributed by atoms with E-state index in [1.165, 1.54) is 0 Å². The normalized spacial score (nSPS) is 19.5. The first-order valence-corrected chi connectivity index (χ1v) is 12.3. The van der Waals surface area contributed by atoms with Gasteiger partial charge in [0.25, 0.3) is 0 Å². The summed E-state index contributed by atoms with van der Waals surface area (Å²) in [6, 6.07) is 0.569. The van der Waals surface area contributed by atoms with E-state index in [0.29, 0.717) is 6.04 Å². The van der Waals surface area contributed by atoms with Gasteiger partial charge in [-0.2, -0.15) is 0 Å². The molecule has 30 heavy (non-hydrogen) atoms. The minimum atomic E-state index is -0.460. The lowest BCUT2D eigenvalue weighted by Crippen LogP contribution is -2.48. The quantitative estimate of drug-likeness (QED) is 0.139. The Hall–Kier alpha value is -0.750. The van der Waals surface area contributed by atoms with Gasteiger partial charge in [-0.3, -0.25) is 4.99 Å². The molecule has 0 unspecified atom stereocenters. The van der Waals surface area contributed by atoms with E-state index in [0.717, 1.165) is 61.2 Å². The standard InChI is InChI=1S/C20H35N5O2S2.HI/c1-5-21-17(22-11-6-13-28-19-23-12-14-29-19)24-15-7-9-16(10-8-15)25-18(26)27-20(2,3)4;/h12,14-16H,5-11,13H2,1-4H3,(H,25,26)(H2,21,22,24);1H. The molecule has 0 aromatic carbocycles. The molecule has 3 N–H and O–H groups in total. The zero-order valence-electron chi connectivity index (χ0n) is 18.4. The Kier molecular flexibility index (Phi) is 13.0. The van der Waals surface area contributed by atoms with Crippen LogP contribution >= 0.6 is 47.1 Å². The number of rotatable bonds is 8. The van der Waals surface area contributed by atoms with Crippen molar-refractivity contribution in [3.63, 3.8) is 0 Å². The van der Waals surface area contributed by atoms with Crippen LogP contribution in [0.1, 0.15) is 59.8 Å². The molecule has 1 fully saturated rings. The highest BCUT2D eigenvalue weighted by atomic mass is 127. The largest absolute Gasteiger partial charge is 0.444 e. The Balaban J connectivity index is 0.00000450. The molecular weight excluding hydrogens is 533 g/mol. The van der Waals surface area contributed by atoms with Gasteiger partial charge in [-0.15, -0.1) is 35.3 Å². The maximum Gasteiger partial charge on any atom is 0.407 e. The fourth-order valence-electron chi connectivity index (χ4n) is 3.07. The molecule has 0 radical (unpaired) electrons. The number of carbonyl (C=O) groups excluding carboxylic acids is 1. The summed E-state index contributed by atoms with van der Waals surface area (Å²) in [6.07, 6.45) is 6.44. The van der Waals surface area contributed by atoms with E-state index in [-0.39, 0.29) is 36.1 Å². The van der Waals surface area contributed by atoms with Crippen LogP contribution in [0.15, 0.2) is 20.9 Å². The summed E-state index contributed by atoms with van der Waals surface area (Å²) in [4.78, 5) is 20.9. The van der Waals surface area contributed by atoms with E-state index in [4.69, 9.17) is 9.73 Å². The number of nitrogens with zero attached hydrogens (tertiary/aromatic N) is 2. The van der Waals surface area contributed by atoms with Gasteiger partial charge in [0.1, 0.15) is 9.94 Å². The zero-order valence-corrected chi connectivity index (χ0v) is 22.4. The zero-order chi connectivity index (χ0) is 21.1. The van der Waals surface area contributed by atoms with Gasteiger partial charge >= 0.3 is 6.09 Å². The van der Waals surface area contributed by atoms with Gasteiger partial charge in [-0.25, -0.2) is 9.78 Å².